The average molecular weight is 508 g/mol. The van der Waals surface area contributed by atoms with Crippen LogP contribution in [0.4, 0.5) is 5.95 Å². The Bertz CT molecular complexity index is 1200. The molecule has 33 heavy (non-hydrogen) atoms. The van der Waals surface area contributed by atoms with Gasteiger partial charge in [0.15, 0.2) is 0 Å². The number of carbonyl (C=O) groups is 1. The lowest BCUT2D eigenvalue weighted by molar-refractivity contribution is -0.126. The molecule has 0 saturated carbocycles. The highest BCUT2D eigenvalue weighted by Gasteiger charge is 2.30. The molecule has 1 amide bonds. The molecule has 2 aromatic carbocycles. The third-order valence-corrected chi connectivity index (χ3v) is 7.65. The Labute approximate surface area is 207 Å². The summed E-state index contributed by atoms with van der Waals surface area (Å²) in [7, 11) is 0. The van der Waals surface area contributed by atoms with E-state index in [4.69, 9.17) is 44.5 Å². The number of imidazole rings is 1. The van der Waals surface area contributed by atoms with Crippen molar-refractivity contribution < 1.29 is 9.53 Å². The summed E-state index contributed by atoms with van der Waals surface area (Å²) >= 11 is 18.9. The molecule has 0 radical (unpaired) electrons. The molecule has 2 aliphatic rings. The van der Waals surface area contributed by atoms with Gasteiger partial charge >= 0.3 is 0 Å². The molecule has 1 N–H and O–H groups in total. The number of halogens is 3. The molecule has 5 rings (SSSR count). The summed E-state index contributed by atoms with van der Waals surface area (Å²) in [5.74, 6) is 0.944. The zero-order valence-electron chi connectivity index (χ0n) is 18.3. The first kappa shape index (κ1) is 22.8. The number of benzene rings is 2. The van der Waals surface area contributed by atoms with E-state index < -0.39 is 0 Å². The number of fused-ring (bicyclic) bond motifs is 1. The summed E-state index contributed by atoms with van der Waals surface area (Å²) < 4.78 is 7.47. The molecule has 2 saturated heterocycles. The van der Waals surface area contributed by atoms with Crippen molar-refractivity contribution >= 4 is 57.7 Å². The van der Waals surface area contributed by atoms with Crippen molar-refractivity contribution in [2.24, 2.45) is 5.92 Å². The molecule has 0 aliphatic carbocycles. The average Bonchev–Trinajstić information content (AvgIpc) is 3.44. The molecular formula is C24H25Cl3N4O2. The lowest BCUT2D eigenvalue weighted by Crippen LogP contribution is -2.44. The van der Waals surface area contributed by atoms with Gasteiger partial charge in [-0.15, -0.1) is 0 Å². The second-order valence-corrected chi connectivity index (χ2v) is 9.99. The Morgan fingerprint density at radius 1 is 1.06 bits per heavy atom. The van der Waals surface area contributed by atoms with Crippen LogP contribution in [0.2, 0.25) is 15.1 Å². The Kier molecular flexibility index (Phi) is 6.45. The van der Waals surface area contributed by atoms with Gasteiger partial charge in [-0.3, -0.25) is 9.36 Å². The van der Waals surface area contributed by atoms with Gasteiger partial charge in [0.1, 0.15) is 0 Å². The van der Waals surface area contributed by atoms with Crippen LogP contribution in [0.5, 0.6) is 0 Å². The molecule has 174 valence electrons. The number of aromatic nitrogens is 2. The highest BCUT2D eigenvalue weighted by molar-refractivity contribution is 6.42. The van der Waals surface area contributed by atoms with Crippen LogP contribution in [0.25, 0.3) is 16.7 Å². The Morgan fingerprint density at radius 2 is 1.82 bits per heavy atom. The summed E-state index contributed by atoms with van der Waals surface area (Å²) in [5, 5.41) is 4.81. The number of rotatable bonds is 4. The van der Waals surface area contributed by atoms with Crippen molar-refractivity contribution in [1.29, 1.82) is 0 Å². The second-order valence-electron chi connectivity index (χ2n) is 8.77. The maximum absolute atomic E-state index is 12.7. The van der Waals surface area contributed by atoms with Crippen LogP contribution < -0.4 is 10.2 Å². The van der Waals surface area contributed by atoms with Crippen LogP contribution >= 0.6 is 34.8 Å². The van der Waals surface area contributed by atoms with Crippen LogP contribution in [0.3, 0.4) is 0 Å². The van der Waals surface area contributed by atoms with E-state index in [2.05, 4.69) is 14.8 Å². The van der Waals surface area contributed by atoms with Gasteiger partial charge in [0.05, 0.1) is 33.7 Å². The van der Waals surface area contributed by atoms with Crippen molar-refractivity contribution in [3.8, 4) is 5.69 Å². The summed E-state index contributed by atoms with van der Waals surface area (Å²) in [6, 6.07) is 9.70. The summed E-state index contributed by atoms with van der Waals surface area (Å²) in [6.07, 6.45) is 2.42. The highest BCUT2D eigenvalue weighted by Crippen LogP contribution is 2.35. The molecule has 0 unspecified atom stereocenters. The second kappa shape index (κ2) is 9.34. The number of hydrogen-bond acceptors (Lipinski definition) is 4. The maximum atomic E-state index is 12.7. The van der Waals surface area contributed by atoms with Crippen molar-refractivity contribution in [2.45, 2.75) is 32.2 Å². The van der Waals surface area contributed by atoms with Crippen molar-refractivity contribution in [3.63, 3.8) is 0 Å². The minimum absolute atomic E-state index is 0.00124. The number of nitrogens with one attached hydrogen (secondary N) is 1. The summed E-state index contributed by atoms with van der Waals surface area (Å²) in [6.45, 7) is 4.78. The molecule has 0 spiro atoms. The first-order valence-corrected chi connectivity index (χ1v) is 12.3. The van der Waals surface area contributed by atoms with Gasteiger partial charge in [0, 0.05) is 36.3 Å². The molecule has 6 nitrogen and oxygen atoms in total. The molecule has 9 heteroatoms. The lowest BCUT2D eigenvalue weighted by Gasteiger charge is -2.33. The van der Waals surface area contributed by atoms with E-state index in [0.717, 1.165) is 67.2 Å². The van der Waals surface area contributed by atoms with Gasteiger partial charge in [0.25, 0.3) is 0 Å². The SMILES string of the molecule is Cc1cc(-n2c(N3CCC(C(=O)N[C@@H]4CCOC4)CC3)nc3cc(Cl)c(Cl)cc32)ccc1Cl. The number of aryl methyl sites for hydroxylation is 1. The fraction of sp³-hybridized carbons (Fsp3) is 0.417. The number of amides is 1. The largest absolute Gasteiger partial charge is 0.379 e. The predicted molar refractivity (Wildman–Crippen MR) is 133 cm³/mol. The van der Waals surface area contributed by atoms with Crippen molar-refractivity contribution in [2.75, 3.05) is 31.2 Å². The molecular weight excluding hydrogens is 483 g/mol. The fourth-order valence-corrected chi connectivity index (χ4v) is 5.04. The molecule has 3 aromatic rings. The minimum Gasteiger partial charge on any atom is -0.379 e. The van der Waals surface area contributed by atoms with E-state index in [1.807, 2.05) is 31.2 Å². The van der Waals surface area contributed by atoms with Gasteiger partial charge in [-0.1, -0.05) is 34.8 Å². The predicted octanol–water partition coefficient (Wildman–Crippen LogP) is 5.42. The van der Waals surface area contributed by atoms with Crippen molar-refractivity contribution in [3.05, 3.63) is 51.0 Å². The van der Waals surface area contributed by atoms with Gasteiger partial charge in [0.2, 0.25) is 11.9 Å². The van der Waals surface area contributed by atoms with E-state index in [1.165, 1.54) is 0 Å². The van der Waals surface area contributed by atoms with Crippen LogP contribution in [0.15, 0.2) is 30.3 Å². The third-order valence-electron chi connectivity index (χ3n) is 6.50. The quantitative estimate of drug-likeness (QED) is 0.512. The van der Waals surface area contributed by atoms with E-state index in [0.29, 0.717) is 21.7 Å². The summed E-state index contributed by atoms with van der Waals surface area (Å²) in [5.41, 5.74) is 3.58. The highest BCUT2D eigenvalue weighted by atomic mass is 35.5. The zero-order valence-corrected chi connectivity index (χ0v) is 20.6. The standard InChI is InChI=1S/C24H25Cl3N4O2/c1-14-10-17(2-3-18(14)25)31-22-12-20(27)19(26)11-21(22)29-24(31)30-7-4-15(5-8-30)23(32)28-16-6-9-33-13-16/h2-3,10-12,15-16H,4-9,13H2,1H3,(H,28,32)/t16-/m1/s1. The van der Waals surface area contributed by atoms with Crippen LogP contribution in [-0.4, -0.2) is 47.8 Å². The van der Waals surface area contributed by atoms with Crippen LogP contribution in [0.1, 0.15) is 24.8 Å². The number of hydrogen-bond donors (Lipinski definition) is 1. The Hall–Kier alpha value is -1.99. The molecule has 3 heterocycles. The van der Waals surface area contributed by atoms with E-state index in [9.17, 15) is 4.79 Å². The van der Waals surface area contributed by atoms with Crippen molar-refractivity contribution in [1.82, 2.24) is 14.9 Å². The monoisotopic (exact) mass is 506 g/mol. The van der Waals surface area contributed by atoms with E-state index in [-0.39, 0.29) is 17.9 Å². The lowest BCUT2D eigenvalue weighted by atomic mass is 9.95. The van der Waals surface area contributed by atoms with E-state index in [1.54, 1.807) is 6.07 Å². The molecule has 2 aliphatic heterocycles. The van der Waals surface area contributed by atoms with Gasteiger partial charge < -0.3 is 15.0 Å². The van der Waals surface area contributed by atoms with Gasteiger partial charge in [-0.05, 0) is 62.1 Å². The zero-order chi connectivity index (χ0) is 23.1. The number of ether oxygens (including phenoxy) is 1. The molecule has 0 bridgehead atoms. The number of nitrogens with zero attached hydrogens (tertiary/aromatic N) is 3. The number of piperidine rings is 1. The Morgan fingerprint density at radius 3 is 2.52 bits per heavy atom. The minimum atomic E-state index is 0.00124. The van der Waals surface area contributed by atoms with Crippen LogP contribution in [0, 0.1) is 12.8 Å². The van der Waals surface area contributed by atoms with E-state index >= 15 is 0 Å². The fourth-order valence-electron chi connectivity index (χ4n) is 4.60. The third kappa shape index (κ3) is 4.54. The number of anilines is 1. The molecule has 1 atom stereocenters. The first-order valence-electron chi connectivity index (χ1n) is 11.2. The topological polar surface area (TPSA) is 59.4 Å². The first-order chi connectivity index (χ1) is 15.9. The smallest absolute Gasteiger partial charge is 0.223 e. The number of carbonyl (C=O) groups excluding carboxylic acids is 1. The Balaban J connectivity index is 1.44. The van der Waals surface area contributed by atoms with Crippen LogP contribution in [-0.2, 0) is 9.53 Å². The summed E-state index contributed by atoms with van der Waals surface area (Å²) in [4.78, 5) is 19.9. The van der Waals surface area contributed by atoms with Gasteiger partial charge in [-0.25, -0.2) is 4.98 Å². The molecule has 2 fully saturated rings. The molecule has 1 aromatic heterocycles. The van der Waals surface area contributed by atoms with Gasteiger partial charge in [-0.2, -0.15) is 0 Å². The maximum Gasteiger partial charge on any atom is 0.223 e. The normalized spacial score (nSPS) is 19.4.